The van der Waals surface area contributed by atoms with Gasteiger partial charge in [-0.15, -0.1) is 0 Å². The van der Waals surface area contributed by atoms with Gasteiger partial charge < -0.3 is 13.5 Å². The van der Waals surface area contributed by atoms with E-state index in [1.54, 1.807) is 25.1 Å². The summed E-state index contributed by atoms with van der Waals surface area (Å²) in [5.41, 5.74) is 3.66. The van der Waals surface area contributed by atoms with E-state index in [1.807, 2.05) is 49.0 Å². The third-order valence-electron chi connectivity index (χ3n) is 5.76. The van der Waals surface area contributed by atoms with Crippen LogP contribution in [0.4, 0.5) is 0 Å². The lowest BCUT2D eigenvalue weighted by Gasteiger charge is -2.11. The van der Waals surface area contributed by atoms with Crippen LogP contribution in [0.2, 0.25) is 0 Å². The number of allylic oxidation sites excluding steroid dienone is 1. The topological polar surface area (TPSA) is 74.6 Å². The van der Waals surface area contributed by atoms with Crippen LogP contribution in [-0.4, -0.2) is 18.8 Å². The Labute approximate surface area is 191 Å². The molecule has 3 aromatic carbocycles. The highest BCUT2D eigenvalue weighted by atomic mass is 32.2. The molecule has 33 heavy (non-hydrogen) atoms. The first-order valence-corrected chi connectivity index (χ1v) is 11.8. The second-order valence-electron chi connectivity index (χ2n) is 8.07. The number of hydrogen-bond donors (Lipinski definition) is 0. The van der Waals surface area contributed by atoms with E-state index < -0.39 is 10.1 Å². The Morgan fingerprint density at radius 1 is 0.970 bits per heavy atom. The Balaban J connectivity index is 1.49. The van der Waals surface area contributed by atoms with Crippen LogP contribution < -0.4 is 8.92 Å². The summed E-state index contributed by atoms with van der Waals surface area (Å²) in [5, 5.41) is 1.00. The molecule has 6 nitrogen and oxygen atoms in total. The highest BCUT2D eigenvalue weighted by molar-refractivity contribution is 7.87. The first-order chi connectivity index (χ1) is 15.7. The highest BCUT2D eigenvalue weighted by Crippen LogP contribution is 2.40. The molecule has 7 heteroatoms. The summed E-state index contributed by atoms with van der Waals surface area (Å²) < 4.78 is 38.7. The molecule has 0 aliphatic carbocycles. The zero-order valence-electron chi connectivity index (χ0n) is 18.3. The van der Waals surface area contributed by atoms with Crippen molar-refractivity contribution < 1.29 is 22.1 Å². The minimum absolute atomic E-state index is 0.0570. The second kappa shape index (κ2) is 7.64. The van der Waals surface area contributed by atoms with Crippen LogP contribution in [0.5, 0.6) is 11.5 Å². The molecule has 0 amide bonds. The van der Waals surface area contributed by atoms with Crippen LogP contribution in [0.3, 0.4) is 0 Å². The van der Waals surface area contributed by atoms with E-state index in [0.717, 1.165) is 22.0 Å². The number of benzene rings is 3. The second-order valence-corrected chi connectivity index (χ2v) is 9.61. The summed E-state index contributed by atoms with van der Waals surface area (Å²) in [6, 6.07) is 17.3. The number of carbonyl (C=O) groups excluding carboxylic acids is 1. The van der Waals surface area contributed by atoms with Gasteiger partial charge in [0, 0.05) is 35.3 Å². The van der Waals surface area contributed by atoms with Gasteiger partial charge in [0.05, 0.1) is 5.56 Å². The summed E-state index contributed by atoms with van der Waals surface area (Å²) in [7, 11) is -2.08. The van der Waals surface area contributed by atoms with Crippen molar-refractivity contribution in [3.63, 3.8) is 0 Å². The number of aromatic nitrogens is 1. The van der Waals surface area contributed by atoms with Crippen molar-refractivity contribution in [3.05, 3.63) is 94.9 Å². The van der Waals surface area contributed by atoms with Crippen molar-refractivity contribution in [2.75, 3.05) is 0 Å². The molecule has 1 aliphatic rings. The predicted molar refractivity (Wildman–Crippen MR) is 126 cm³/mol. The molecule has 0 atom stereocenters. The summed E-state index contributed by atoms with van der Waals surface area (Å²) in [6.45, 7) is 3.55. The van der Waals surface area contributed by atoms with Crippen molar-refractivity contribution in [1.29, 1.82) is 0 Å². The van der Waals surface area contributed by atoms with Crippen LogP contribution in [0.15, 0.2) is 77.5 Å². The molecule has 0 fully saturated rings. The Bertz CT molecular complexity index is 1560. The molecular formula is C26H21NO5S. The molecule has 166 valence electrons. The molecule has 0 radical (unpaired) electrons. The number of aryl methyl sites for hydroxylation is 2. The summed E-state index contributed by atoms with van der Waals surface area (Å²) in [6.07, 6.45) is 3.65. The molecule has 5 rings (SSSR count). The molecule has 1 aromatic heterocycles. The van der Waals surface area contributed by atoms with Gasteiger partial charge in [-0.25, -0.2) is 0 Å². The van der Waals surface area contributed by atoms with E-state index in [4.69, 9.17) is 8.92 Å². The van der Waals surface area contributed by atoms with E-state index >= 15 is 0 Å². The minimum atomic E-state index is -4.03. The third kappa shape index (κ3) is 3.60. The summed E-state index contributed by atoms with van der Waals surface area (Å²) in [5.74, 6) is 0.355. The molecule has 1 aliphatic heterocycles. The van der Waals surface area contributed by atoms with Crippen LogP contribution >= 0.6 is 0 Å². The van der Waals surface area contributed by atoms with Crippen LogP contribution in [-0.2, 0) is 17.2 Å². The molecule has 4 aromatic rings. The normalized spacial score (nSPS) is 14.5. The minimum Gasteiger partial charge on any atom is -0.452 e. The van der Waals surface area contributed by atoms with Crippen molar-refractivity contribution >= 4 is 32.9 Å². The van der Waals surface area contributed by atoms with E-state index in [2.05, 4.69) is 0 Å². The van der Waals surface area contributed by atoms with Gasteiger partial charge in [-0.2, -0.15) is 8.42 Å². The lowest BCUT2D eigenvalue weighted by Crippen LogP contribution is -2.10. The maximum Gasteiger partial charge on any atom is 0.339 e. The number of para-hydroxylation sites is 1. The van der Waals surface area contributed by atoms with Crippen molar-refractivity contribution in [2.24, 2.45) is 7.05 Å². The number of hydrogen-bond acceptors (Lipinski definition) is 5. The molecule has 0 spiro atoms. The number of nitrogens with zero attached hydrogens (tertiary/aromatic N) is 1. The average molecular weight is 460 g/mol. The number of ether oxygens (including phenoxy) is 1. The molecule has 0 unspecified atom stereocenters. The van der Waals surface area contributed by atoms with Gasteiger partial charge in [-0.05, 0) is 50.3 Å². The standard InChI is InChI=1S/C26H21NO5S/c1-16-8-10-19(11-9-16)33(29,30)32-23-13-12-21-25(28)24(31-26(21)17(23)2)14-18-15-27(3)22-7-5-4-6-20(18)22/h4-15H,1-3H3/b24-14+. The van der Waals surface area contributed by atoms with Gasteiger partial charge in [0.25, 0.3) is 0 Å². The number of carbonyl (C=O) groups is 1. The molecule has 0 saturated carbocycles. The zero-order valence-corrected chi connectivity index (χ0v) is 19.1. The average Bonchev–Trinajstić information content (AvgIpc) is 3.28. The van der Waals surface area contributed by atoms with Gasteiger partial charge in [0.1, 0.15) is 16.4 Å². The lowest BCUT2D eigenvalue weighted by atomic mass is 10.1. The Morgan fingerprint density at radius 2 is 1.70 bits per heavy atom. The van der Waals surface area contributed by atoms with Crippen molar-refractivity contribution in [3.8, 4) is 11.5 Å². The van der Waals surface area contributed by atoms with Gasteiger partial charge in [0.2, 0.25) is 5.78 Å². The van der Waals surface area contributed by atoms with Crippen LogP contribution in [0.25, 0.3) is 17.0 Å². The molecule has 0 N–H and O–H groups in total. The predicted octanol–water partition coefficient (Wildman–Crippen LogP) is 5.18. The van der Waals surface area contributed by atoms with E-state index in [1.165, 1.54) is 24.3 Å². The SMILES string of the molecule is Cc1ccc(S(=O)(=O)Oc2ccc3c(c2C)O/C(=C/c2cn(C)c4ccccc24)C3=O)cc1. The smallest absolute Gasteiger partial charge is 0.339 e. The fourth-order valence-corrected chi connectivity index (χ4v) is 4.94. The monoisotopic (exact) mass is 459 g/mol. The van der Waals surface area contributed by atoms with E-state index in [0.29, 0.717) is 16.9 Å². The van der Waals surface area contributed by atoms with Gasteiger partial charge in [-0.1, -0.05) is 35.9 Å². The molecular weight excluding hydrogens is 438 g/mol. The lowest BCUT2D eigenvalue weighted by molar-refractivity contribution is 0.101. The summed E-state index contributed by atoms with van der Waals surface area (Å²) in [4.78, 5) is 13.0. The molecule has 0 saturated heterocycles. The maximum atomic E-state index is 13.0. The van der Waals surface area contributed by atoms with Gasteiger partial charge >= 0.3 is 10.1 Å². The number of fused-ring (bicyclic) bond motifs is 2. The largest absolute Gasteiger partial charge is 0.452 e. The Hall–Kier alpha value is -3.84. The van der Waals surface area contributed by atoms with Crippen molar-refractivity contribution in [1.82, 2.24) is 4.57 Å². The quantitative estimate of drug-likeness (QED) is 0.311. The van der Waals surface area contributed by atoms with Gasteiger partial charge in [0.15, 0.2) is 5.76 Å². The Kier molecular flexibility index (Phi) is 4.87. The first-order valence-electron chi connectivity index (χ1n) is 10.4. The van der Waals surface area contributed by atoms with Crippen molar-refractivity contribution in [2.45, 2.75) is 18.7 Å². The number of rotatable bonds is 4. The van der Waals surface area contributed by atoms with E-state index in [-0.39, 0.29) is 22.2 Å². The zero-order chi connectivity index (χ0) is 23.3. The Morgan fingerprint density at radius 3 is 2.45 bits per heavy atom. The maximum absolute atomic E-state index is 13.0. The third-order valence-corrected chi connectivity index (χ3v) is 7.01. The molecule has 0 bridgehead atoms. The highest BCUT2D eigenvalue weighted by Gasteiger charge is 2.31. The van der Waals surface area contributed by atoms with Crippen LogP contribution in [0, 0.1) is 13.8 Å². The van der Waals surface area contributed by atoms with Gasteiger partial charge in [-0.3, -0.25) is 4.79 Å². The van der Waals surface area contributed by atoms with Crippen LogP contribution in [0.1, 0.15) is 27.0 Å². The van der Waals surface area contributed by atoms with E-state index in [9.17, 15) is 13.2 Å². The fraction of sp³-hybridized carbons (Fsp3) is 0.115. The first kappa shape index (κ1) is 21.0. The fourth-order valence-electron chi connectivity index (χ4n) is 3.96. The number of ketones is 1. The number of Topliss-reactive ketones (excluding diaryl/α,β-unsaturated/α-hetero) is 1. The summed E-state index contributed by atoms with van der Waals surface area (Å²) >= 11 is 0. The molecule has 2 heterocycles.